The molecular weight excluding hydrogens is 292 g/mol. The predicted molar refractivity (Wildman–Crippen MR) is 81.9 cm³/mol. The largest absolute Gasteiger partial charge is 0.385 e. The number of halogens is 1. The third-order valence-electron chi connectivity index (χ3n) is 3.88. The molecule has 1 aliphatic heterocycles. The number of piperidine rings is 1. The molecule has 1 fully saturated rings. The van der Waals surface area contributed by atoms with Crippen LogP contribution in [-0.4, -0.2) is 42.1 Å². The van der Waals surface area contributed by atoms with Gasteiger partial charge >= 0.3 is 0 Å². The second-order valence-electron chi connectivity index (χ2n) is 5.35. The fourth-order valence-electron chi connectivity index (χ4n) is 2.78. The number of hydrogen-bond donors (Lipinski definition) is 1. The number of hydrogen-bond acceptors (Lipinski definition) is 3. The third-order valence-corrected chi connectivity index (χ3v) is 4.16. The van der Waals surface area contributed by atoms with E-state index in [-0.39, 0.29) is 22.5 Å². The van der Waals surface area contributed by atoms with E-state index in [1.807, 2.05) is 4.90 Å². The Morgan fingerprint density at radius 2 is 2.33 bits per heavy atom. The highest BCUT2D eigenvalue weighted by Gasteiger charge is 2.27. The third kappa shape index (κ3) is 4.08. The van der Waals surface area contributed by atoms with Crippen LogP contribution in [0.25, 0.3) is 0 Å². The van der Waals surface area contributed by atoms with Crippen LogP contribution in [0.4, 0.5) is 0 Å². The molecule has 1 unspecified atom stereocenters. The molecule has 1 aromatic heterocycles. The van der Waals surface area contributed by atoms with E-state index in [1.165, 1.54) is 12.3 Å². The Morgan fingerprint density at radius 3 is 3.05 bits per heavy atom. The Morgan fingerprint density at radius 1 is 1.52 bits per heavy atom. The van der Waals surface area contributed by atoms with Gasteiger partial charge in [-0.25, -0.2) is 0 Å². The lowest BCUT2D eigenvalue weighted by Gasteiger charge is -2.36. The minimum atomic E-state index is -0.372. The monoisotopic (exact) mass is 312 g/mol. The van der Waals surface area contributed by atoms with Gasteiger partial charge in [-0.3, -0.25) is 9.59 Å². The van der Waals surface area contributed by atoms with E-state index < -0.39 is 0 Å². The molecule has 0 aliphatic carbocycles. The standard InChI is InChI=1S/C15H21ClN2O3/c1-21-8-4-6-12-5-2-3-7-18(12)15(20)11-9-13(16)14(19)17-10-11/h9-10,12H,2-8H2,1H3,(H,17,19). The number of H-pyrrole nitrogens is 1. The summed E-state index contributed by atoms with van der Waals surface area (Å²) < 4.78 is 5.08. The van der Waals surface area contributed by atoms with Gasteiger partial charge in [0.2, 0.25) is 0 Å². The van der Waals surface area contributed by atoms with Crippen molar-refractivity contribution in [2.24, 2.45) is 0 Å². The van der Waals surface area contributed by atoms with Crippen molar-refractivity contribution >= 4 is 17.5 Å². The van der Waals surface area contributed by atoms with E-state index in [9.17, 15) is 9.59 Å². The number of methoxy groups -OCH3 is 1. The number of pyridine rings is 1. The maximum Gasteiger partial charge on any atom is 0.266 e. The van der Waals surface area contributed by atoms with E-state index >= 15 is 0 Å². The van der Waals surface area contributed by atoms with Crippen LogP contribution in [0.1, 0.15) is 42.5 Å². The summed E-state index contributed by atoms with van der Waals surface area (Å²) in [5.74, 6) is -0.0599. The fourth-order valence-corrected chi connectivity index (χ4v) is 2.95. The van der Waals surface area contributed by atoms with Crippen LogP contribution in [0.5, 0.6) is 0 Å². The van der Waals surface area contributed by atoms with Gasteiger partial charge in [-0.05, 0) is 38.2 Å². The fraction of sp³-hybridized carbons (Fsp3) is 0.600. The zero-order valence-electron chi connectivity index (χ0n) is 12.2. The Kier molecular flexibility index (Phi) is 5.82. The summed E-state index contributed by atoms with van der Waals surface area (Å²) in [4.78, 5) is 28.3. The molecule has 0 radical (unpaired) electrons. The van der Waals surface area contributed by atoms with Crippen molar-refractivity contribution in [3.63, 3.8) is 0 Å². The number of aromatic nitrogens is 1. The average Bonchev–Trinajstić information content (AvgIpc) is 2.50. The van der Waals surface area contributed by atoms with Crippen LogP contribution in [-0.2, 0) is 4.74 Å². The lowest BCUT2D eigenvalue weighted by atomic mass is 9.97. The van der Waals surface area contributed by atoms with Gasteiger partial charge in [0.05, 0.1) is 5.56 Å². The van der Waals surface area contributed by atoms with E-state index in [0.29, 0.717) is 12.2 Å². The van der Waals surface area contributed by atoms with E-state index in [1.54, 1.807) is 7.11 Å². The summed E-state index contributed by atoms with van der Waals surface area (Å²) in [6.45, 7) is 1.47. The highest BCUT2D eigenvalue weighted by molar-refractivity contribution is 6.30. The molecule has 1 aromatic rings. The highest BCUT2D eigenvalue weighted by atomic mass is 35.5. The Labute approximate surface area is 129 Å². The molecule has 1 aliphatic rings. The Hall–Kier alpha value is -1.33. The number of amides is 1. The van der Waals surface area contributed by atoms with Crippen LogP contribution in [0.3, 0.4) is 0 Å². The summed E-state index contributed by atoms with van der Waals surface area (Å²) in [5.41, 5.74) is 0.0711. The molecule has 21 heavy (non-hydrogen) atoms. The number of carbonyl (C=O) groups is 1. The van der Waals surface area contributed by atoms with Crippen molar-refractivity contribution in [3.8, 4) is 0 Å². The van der Waals surface area contributed by atoms with Crippen molar-refractivity contribution < 1.29 is 9.53 Å². The van der Waals surface area contributed by atoms with Gasteiger partial charge in [0.1, 0.15) is 5.02 Å². The first-order valence-electron chi connectivity index (χ1n) is 7.31. The SMILES string of the molecule is COCCCC1CCCCN1C(=O)c1c[nH]c(=O)c(Cl)c1. The average molecular weight is 313 g/mol. The van der Waals surface area contributed by atoms with Crippen LogP contribution in [0, 0.1) is 0 Å². The highest BCUT2D eigenvalue weighted by Crippen LogP contribution is 2.23. The Balaban J connectivity index is 2.10. The zero-order valence-corrected chi connectivity index (χ0v) is 13.0. The number of likely N-dealkylation sites (tertiary alicyclic amines) is 1. The van der Waals surface area contributed by atoms with Gasteiger partial charge in [0.25, 0.3) is 11.5 Å². The molecule has 0 saturated carbocycles. The number of aromatic amines is 1. The second kappa shape index (κ2) is 7.61. The summed E-state index contributed by atoms with van der Waals surface area (Å²) in [6.07, 6.45) is 6.51. The molecule has 5 nitrogen and oxygen atoms in total. The molecular formula is C15H21ClN2O3. The van der Waals surface area contributed by atoms with E-state index in [2.05, 4.69) is 4.98 Å². The van der Waals surface area contributed by atoms with Crippen LogP contribution < -0.4 is 5.56 Å². The lowest BCUT2D eigenvalue weighted by molar-refractivity contribution is 0.0584. The molecule has 1 amide bonds. The Bertz CT molecular complexity index is 544. The minimum Gasteiger partial charge on any atom is -0.385 e. The maximum atomic E-state index is 12.6. The first kappa shape index (κ1) is 16.0. The molecule has 2 heterocycles. The van der Waals surface area contributed by atoms with Crippen LogP contribution in [0.15, 0.2) is 17.1 Å². The number of ether oxygens (including phenoxy) is 1. The van der Waals surface area contributed by atoms with Gasteiger partial charge < -0.3 is 14.6 Å². The van der Waals surface area contributed by atoms with Crippen molar-refractivity contribution in [1.29, 1.82) is 0 Å². The number of rotatable bonds is 5. The van der Waals surface area contributed by atoms with Crippen molar-refractivity contribution in [2.45, 2.75) is 38.1 Å². The quantitative estimate of drug-likeness (QED) is 0.849. The minimum absolute atomic E-state index is 0.0498. The summed E-state index contributed by atoms with van der Waals surface area (Å²) in [5, 5.41) is 0.0498. The van der Waals surface area contributed by atoms with Gasteiger partial charge in [0.15, 0.2) is 0 Å². The van der Waals surface area contributed by atoms with Gasteiger partial charge in [-0.2, -0.15) is 0 Å². The lowest BCUT2D eigenvalue weighted by Crippen LogP contribution is -2.44. The van der Waals surface area contributed by atoms with Gasteiger partial charge in [-0.1, -0.05) is 11.6 Å². The van der Waals surface area contributed by atoms with E-state index in [0.717, 1.165) is 38.6 Å². The summed E-state index contributed by atoms with van der Waals surface area (Å²) >= 11 is 5.80. The number of nitrogens with one attached hydrogen (secondary N) is 1. The molecule has 0 aromatic carbocycles. The normalized spacial score (nSPS) is 18.8. The molecule has 1 atom stereocenters. The molecule has 0 bridgehead atoms. The molecule has 116 valence electrons. The predicted octanol–water partition coefficient (Wildman–Crippen LogP) is 2.45. The van der Waals surface area contributed by atoms with Crippen LogP contribution in [0.2, 0.25) is 5.02 Å². The van der Waals surface area contributed by atoms with Crippen molar-refractivity contribution in [2.75, 3.05) is 20.3 Å². The first-order valence-corrected chi connectivity index (χ1v) is 7.69. The molecule has 6 heteroatoms. The molecule has 1 saturated heterocycles. The molecule has 2 rings (SSSR count). The summed E-state index contributed by atoms with van der Waals surface area (Å²) in [7, 11) is 1.69. The molecule has 0 spiro atoms. The topological polar surface area (TPSA) is 62.4 Å². The molecule has 1 N–H and O–H groups in total. The van der Waals surface area contributed by atoms with Gasteiger partial charge in [-0.15, -0.1) is 0 Å². The van der Waals surface area contributed by atoms with E-state index in [4.69, 9.17) is 16.3 Å². The summed E-state index contributed by atoms with van der Waals surface area (Å²) in [6, 6.07) is 1.69. The van der Waals surface area contributed by atoms with Crippen molar-refractivity contribution in [3.05, 3.63) is 33.2 Å². The zero-order chi connectivity index (χ0) is 15.2. The van der Waals surface area contributed by atoms with Crippen molar-refractivity contribution in [1.82, 2.24) is 9.88 Å². The number of nitrogens with zero attached hydrogens (tertiary/aromatic N) is 1. The van der Waals surface area contributed by atoms with Gasteiger partial charge in [0, 0.05) is 32.5 Å². The number of carbonyl (C=O) groups excluding carboxylic acids is 1. The smallest absolute Gasteiger partial charge is 0.266 e. The maximum absolute atomic E-state index is 12.6. The van der Waals surface area contributed by atoms with Crippen LogP contribution >= 0.6 is 11.6 Å². The first-order chi connectivity index (χ1) is 10.1. The second-order valence-corrected chi connectivity index (χ2v) is 5.76.